The Morgan fingerprint density at radius 2 is 1.90 bits per heavy atom. The Morgan fingerprint density at radius 1 is 1.14 bits per heavy atom. The first kappa shape index (κ1) is 20.4. The second-order valence-electron chi connectivity index (χ2n) is 6.90. The number of methoxy groups -OCH3 is 2. The molecule has 1 N–H and O–H groups in total. The molecule has 1 unspecified atom stereocenters. The van der Waals surface area contributed by atoms with Gasteiger partial charge < -0.3 is 19.7 Å². The molecule has 0 saturated carbocycles. The van der Waals surface area contributed by atoms with Crippen LogP contribution in [0.5, 0.6) is 5.75 Å². The van der Waals surface area contributed by atoms with Crippen molar-refractivity contribution in [1.29, 1.82) is 0 Å². The third kappa shape index (κ3) is 5.13. The summed E-state index contributed by atoms with van der Waals surface area (Å²) < 4.78 is 9.84. The number of likely N-dealkylation sites (tertiary alicyclic amines) is 1. The number of rotatable bonds is 7. The van der Waals surface area contributed by atoms with Gasteiger partial charge in [0.05, 0.1) is 25.7 Å². The smallest absolute Gasteiger partial charge is 0.337 e. The molecule has 1 aliphatic rings. The van der Waals surface area contributed by atoms with Crippen molar-refractivity contribution in [3.63, 3.8) is 0 Å². The zero-order valence-electron chi connectivity index (χ0n) is 16.5. The summed E-state index contributed by atoms with van der Waals surface area (Å²) in [4.78, 5) is 38.2. The molecule has 2 aromatic carbocycles. The summed E-state index contributed by atoms with van der Waals surface area (Å²) in [7, 11) is 2.92. The van der Waals surface area contributed by atoms with Crippen molar-refractivity contribution in [3.05, 3.63) is 59.7 Å². The number of esters is 1. The van der Waals surface area contributed by atoms with Gasteiger partial charge in [-0.1, -0.05) is 18.2 Å². The molecule has 0 radical (unpaired) electrons. The highest BCUT2D eigenvalue weighted by molar-refractivity contribution is 5.98. The van der Waals surface area contributed by atoms with Crippen molar-refractivity contribution >= 4 is 23.5 Å². The van der Waals surface area contributed by atoms with Crippen molar-refractivity contribution in [2.45, 2.75) is 12.8 Å². The molecule has 29 heavy (non-hydrogen) atoms. The van der Waals surface area contributed by atoms with Crippen molar-refractivity contribution in [3.8, 4) is 5.75 Å². The van der Waals surface area contributed by atoms with E-state index >= 15 is 0 Å². The molecule has 0 spiro atoms. The van der Waals surface area contributed by atoms with Crippen LogP contribution >= 0.6 is 0 Å². The minimum absolute atomic E-state index is 0.0260. The summed E-state index contributed by atoms with van der Waals surface area (Å²) in [5, 5.41) is 2.79. The van der Waals surface area contributed by atoms with E-state index in [9.17, 15) is 14.4 Å². The minimum atomic E-state index is -0.471. The van der Waals surface area contributed by atoms with Gasteiger partial charge in [0.25, 0.3) is 0 Å². The van der Waals surface area contributed by atoms with Crippen molar-refractivity contribution < 1.29 is 23.9 Å². The lowest BCUT2D eigenvalue weighted by Gasteiger charge is -2.17. The topological polar surface area (TPSA) is 84.9 Å². The monoisotopic (exact) mass is 396 g/mol. The molecule has 2 amide bonds. The molecule has 7 heteroatoms. The van der Waals surface area contributed by atoms with Gasteiger partial charge in [0.15, 0.2) is 0 Å². The average Bonchev–Trinajstić information content (AvgIpc) is 3.13. The van der Waals surface area contributed by atoms with E-state index in [-0.39, 0.29) is 18.2 Å². The van der Waals surface area contributed by atoms with Crippen LogP contribution in [0.15, 0.2) is 48.5 Å². The average molecular weight is 396 g/mol. The third-order valence-corrected chi connectivity index (χ3v) is 4.97. The first-order valence-electron chi connectivity index (χ1n) is 9.40. The van der Waals surface area contributed by atoms with E-state index in [1.165, 1.54) is 7.11 Å². The lowest BCUT2D eigenvalue weighted by molar-refractivity contribution is -0.128. The predicted octanol–water partition coefficient (Wildman–Crippen LogP) is 2.51. The quantitative estimate of drug-likeness (QED) is 0.727. The lowest BCUT2D eigenvalue weighted by Crippen LogP contribution is -2.30. The van der Waals surface area contributed by atoms with Crippen LogP contribution in [-0.2, 0) is 20.7 Å². The maximum Gasteiger partial charge on any atom is 0.337 e. The maximum absolute atomic E-state index is 12.6. The Kier molecular flexibility index (Phi) is 6.49. The van der Waals surface area contributed by atoms with E-state index in [2.05, 4.69) is 5.32 Å². The van der Waals surface area contributed by atoms with Gasteiger partial charge in [0, 0.05) is 25.2 Å². The Morgan fingerprint density at radius 3 is 2.59 bits per heavy atom. The Hall–Kier alpha value is -3.35. The van der Waals surface area contributed by atoms with Crippen LogP contribution in [0.4, 0.5) is 5.69 Å². The Balaban J connectivity index is 1.55. The molecule has 3 rings (SSSR count). The zero-order valence-corrected chi connectivity index (χ0v) is 16.5. The molecule has 0 bridgehead atoms. The number of benzene rings is 2. The lowest BCUT2D eigenvalue weighted by atomic mass is 10.1. The second-order valence-corrected chi connectivity index (χ2v) is 6.90. The Labute approximate surface area is 169 Å². The molecule has 1 saturated heterocycles. The first-order chi connectivity index (χ1) is 14.0. The standard InChI is InChI=1S/C22H24N2O5/c1-28-19-8-6-15(7-9-19)10-11-24-14-17(13-20(24)25)21(26)23-18-5-3-4-16(12-18)22(27)29-2/h3-9,12,17H,10-11,13-14H2,1-2H3,(H,23,26). The van der Waals surface area contributed by atoms with E-state index in [0.29, 0.717) is 30.8 Å². The highest BCUT2D eigenvalue weighted by Crippen LogP contribution is 2.21. The number of amides is 2. The molecule has 1 fully saturated rings. The van der Waals surface area contributed by atoms with Gasteiger partial charge in [0.1, 0.15) is 5.75 Å². The number of anilines is 1. The molecule has 152 valence electrons. The maximum atomic E-state index is 12.6. The number of hydrogen-bond donors (Lipinski definition) is 1. The summed E-state index contributed by atoms with van der Waals surface area (Å²) in [5.41, 5.74) is 1.96. The van der Waals surface area contributed by atoms with Crippen molar-refractivity contribution in [2.75, 3.05) is 32.6 Å². The Bertz CT molecular complexity index is 894. The molecule has 7 nitrogen and oxygen atoms in total. The van der Waals surface area contributed by atoms with Gasteiger partial charge in [-0.15, -0.1) is 0 Å². The third-order valence-electron chi connectivity index (χ3n) is 4.97. The van der Waals surface area contributed by atoms with Crippen LogP contribution in [-0.4, -0.2) is 50.0 Å². The van der Waals surface area contributed by atoms with Gasteiger partial charge in [-0.2, -0.15) is 0 Å². The molecule has 1 aliphatic heterocycles. The molecule has 1 heterocycles. The van der Waals surface area contributed by atoms with Gasteiger partial charge in [0.2, 0.25) is 11.8 Å². The molecule has 0 aliphatic carbocycles. The predicted molar refractivity (Wildman–Crippen MR) is 108 cm³/mol. The van der Waals surface area contributed by atoms with Crippen molar-refractivity contribution in [1.82, 2.24) is 4.90 Å². The number of nitrogens with one attached hydrogen (secondary N) is 1. The minimum Gasteiger partial charge on any atom is -0.497 e. The molecular formula is C22H24N2O5. The van der Waals surface area contributed by atoms with Crippen LogP contribution in [0.2, 0.25) is 0 Å². The van der Waals surface area contributed by atoms with Crippen LogP contribution in [0, 0.1) is 5.92 Å². The fourth-order valence-electron chi connectivity index (χ4n) is 3.31. The number of carbonyl (C=O) groups excluding carboxylic acids is 3. The van der Waals surface area contributed by atoms with E-state index in [1.807, 2.05) is 24.3 Å². The normalized spacial score (nSPS) is 15.9. The van der Waals surface area contributed by atoms with Crippen LogP contribution in [0.25, 0.3) is 0 Å². The fourth-order valence-corrected chi connectivity index (χ4v) is 3.31. The van der Waals surface area contributed by atoms with Crippen molar-refractivity contribution in [2.24, 2.45) is 5.92 Å². The van der Waals surface area contributed by atoms with Gasteiger partial charge in [-0.3, -0.25) is 9.59 Å². The van der Waals surface area contributed by atoms with E-state index in [0.717, 1.165) is 11.3 Å². The van der Waals surface area contributed by atoms with E-state index < -0.39 is 11.9 Å². The number of ether oxygens (including phenoxy) is 2. The molecule has 1 atom stereocenters. The summed E-state index contributed by atoms with van der Waals surface area (Å²) in [6, 6.07) is 14.3. The van der Waals surface area contributed by atoms with Gasteiger partial charge in [-0.25, -0.2) is 4.79 Å². The number of nitrogens with zero attached hydrogens (tertiary/aromatic N) is 1. The summed E-state index contributed by atoms with van der Waals surface area (Å²) in [5.74, 6) is -0.352. The highest BCUT2D eigenvalue weighted by Gasteiger charge is 2.34. The molecule has 0 aromatic heterocycles. The van der Waals surface area contributed by atoms with E-state index in [1.54, 1.807) is 36.3 Å². The summed E-state index contributed by atoms with van der Waals surface area (Å²) >= 11 is 0. The van der Waals surface area contributed by atoms with Gasteiger partial charge >= 0.3 is 5.97 Å². The largest absolute Gasteiger partial charge is 0.497 e. The molecule has 2 aromatic rings. The highest BCUT2D eigenvalue weighted by atomic mass is 16.5. The summed E-state index contributed by atoms with van der Waals surface area (Å²) in [6.45, 7) is 0.949. The van der Waals surface area contributed by atoms with Crippen LogP contribution < -0.4 is 10.1 Å². The number of carbonyl (C=O) groups is 3. The summed E-state index contributed by atoms with van der Waals surface area (Å²) in [6.07, 6.45) is 0.899. The zero-order chi connectivity index (χ0) is 20.8. The fraction of sp³-hybridized carbons (Fsp3) is 0.318. The second kappa shape index (κ2) is 9.23. The molecular weight excluding hydrogens is 372 g/mol. The SMILES string of the molecule is COC(=O)c1cccc(NC(=O)C2CC(=O)N(CCc3ccc(OC)cc3)C2)c1. The van der Waals surface area contributed by atoms with E-state index in [4.69, 9.17) is 9.47 Å². The van der Waals surface area contributed by atoms with Crippen LogP contribution in [0.3, 0.4) is 0 Å². The van der Waals surface area contributed by atoms with Crippen LogP contribution in [0.1, 0.15) is 22.3 Å². The first-order valence-corrected chi connectivity index (χ1v) is 9.40. The number of hydrogen-bond acceptors (Lipinski definition) is 5. The van der Waals surface area contributed by atoms with Gasteiger partial charge in [-0.05, 0) is 42.3 Å².